The first-order chi connectivity index (χ1) is 6.13. The van der Waals surface area contributed by atoms with Crippen molar-refractivity contribution in [3.63, 3.8) is 0 Å². The van der Waals surface area contributed by atoms with Gasteiger partial charge in [0.1, 0.15) is 5.75 Å². The van der Waals surface area contributed by atoms with Gasteiger partial charge in [0.15, 0.2) is 0 Å². The van der Waals surface area contributed by atoms with Gasteiger partial charge in [-0.25, -0.2) is 0 Å². The van der Waals surface area contributed by atoms with E-state index in [4.69, 9.17) is 4.74 Å². The van der Waals surface area contributed by atoms with Gasteiger partial charge in [-0.15, -0.1) is 0 Å². The molecule has 0 aliphatic heterocycles. The van der Waals surface area contributed by atoms with E-state index in [9.17, 15) is 4.79 Å². The van der Waals surface area contributed by atoms with Crippen LogP contribution in [-0.4, -0.2) is 13.0 Å². The van der Waals surface area contributed by atoms with Crippen LogP contribution in [-0.2, 0) is 4.79 Å². The number of amides is 1. The van der Waals surface area contributed by atoms with E-state index in [0.29, 0.717) is 11.4 Å². The summed E-state index contributed by atoms with van der Waals surface area (Å²) in [5.74, 6) is 0.595. The monoisotopic (exact) mass is 179 g/mol. The zero-order valence-corrected chi connectivity index (χ0v) is 8.05. The third kappa shape index (κ3) is 2.47. The number of ether oxygens (including phenoxy) is 1. The van der Waals surface area contributed by atoms with Crippen LogP contribution in [0.3, 0.4) is 0 Å². The minimum absolute atomic E-state index is 0.0952. The third-order valence-corrected chi connectivity index (χ3v) is 1.67. The summed E-state index contributed by atoms with van der Waals surface area (Å²) in [5, 5.41) is 2.69. The molecule has 0 spiro atoms. The van der Waals surface area contributed by atoms with E-state index in [-0.39, 0.29) is 5.91 Å². The number of rotatable bonds is 2. The van der Waals surface area contributed by atoms with Crippen molar-refractivity contribution >= 4 is 11.6 Å². The van der Waals surface area contributed by atoms with E-state index in [2.05, 4.69) is 5.32 Å². The maximum absolute atomic E-state index is 10.8. The lowest BCUT2D eigenvalue weighted by atomic mass is 10.2. The Bertz CT molecular complexity index is 321. The summed E-state index contributed by atoms with van der Waals surface area (Å²) in [7, 11) is 1.58. The van der Waals surface area contributed by atoms with Crippen molar-refractivity contribution in [1.82, 2.24) is 0 Å². The molecule has 1 rings (SSSR count). The predicted molar refractivity (Wildman–Crippen MR) is 52.0 cm³/mol. The fourth-order valence-corrected chi connectivity index (χ4v) is 1.09. The maximum atomic E-state index is 10.8. The van der Waals surface area contributed by atoms with Crippen molar-refractivity contribution in [2.24, 2.45) is 0 Å². The molecule has 3 heteroatoms. The second-order valence-electron chi connectivity index (χ2n) is 2.88. The molecule has 0 atom stereocenters. The lowest BCUT2D eigenvalue weighted by Crippen LogP contribution is -2.07. The van der Waals surface area contributed by atoms with E-state index in [1.54, 1.807) is 7.11 Å². The molecular weight excluding hydrogens is 166 g/mol. The fourth-order valence-electron chi connectivity index (χ4n) is 1.09. The number of hydrogen-bond acceptors (Lipinski definition) is 2. The van der Waals surface area contributed by atoms with Crippen molar-refractivity contribution in [1.29, 1.82) is 0 Å². The Labute approximate surface area is 77.7 Å². The Balaban J connectivity index is 2.99. The van der Waals surface area contributed by atoms with Crippen LogP contribution in [0, 0.1) is 6.92 Å². The minimum Gasteiger partial charge on any atom is -0.495 e. The number of methoxy groups -OCH3 is 1. The molecule has 1 aromatic rings. The Morgan fingerprint density at radius 1 is 1.46 bits per heavy atom. The van der Waals surface area contributed by atoms with Gasteiger partial charge in [-0.3, -0.25) is 4.79 Å². The van der Waals surface area contributed by atoms with E-state index in [1.165, 1.54) is 6.92 Å². The molecule has 0 saturated heterocycles. The first-order valence-electron chi connectivity index (χ1n) is 4.05. The van der Waals surface area contributed by atoms with Crippen molar-refractivity contribution in [3.05, 3.63) is 23.8 Å². The third-order valence-electron chi connectivity index (χ3n) is 1.67. The topological polar surface area (TPSA) is 38.3 Å². The molecule has 0 aliphatic rings. The summed E-state index contributed by atoms with van der Waals surface area (Å²) in [6.45, 7) is 3.44. The number of anilines is 1. The summed E-state index contributed by atoms with van der Waals surface area (Å²) >= 11 is 0. The van der Waals surface area contributed by atoms with Crippen LogP contribution >= 0.6 is 0 Å². The highest BCUT2D eigenvalue weighted by Crippen LogP contribution is 2.24. The van der Waals surface area contributed by atoms with Gasteiger partial charge < -0.3 is 10.1 Å². The van der Waals surface area contributed by atoms with Crippen LogP contribution in [0.5, 0.6) is 5.75 Å². The number of hydrogen-bond donors (Lipinski definition) is 1. The molecule has 3 nitrogen and oxygen atoms in total. The molecule has 0 saturated carbocycles. The highest BCUT2D eigenvalue weighted by Gasteiger charge is 2.03. The lowest BCUT2D eigenvalue weighted by Gasteiger charge is -2.08. The molecular formula is C10H13NO2. The van der Waals surface area contributed by atoms with Gasteiger partial charge in [-0.1, -0.05) is 6.07 Å². The Hall–Kier alpha value is -1.51. The summed E-state index contributed by atoms with van der Waals surface area (Å²) in [6.07, 6.45) is 0. The molecule has 0 aliphatic carbocycles. The van der Waals surface area contributed by atoms with Crippen LogP contribution in [0.25, 0.3) is 0 Å². The van der Waals surface area contributed by atoms with Gasteiger partial charge in [0.05, 0.1) is 12.8 Å². The van der Waals surface area contributed by atoms with Crippen LogP contribution in [0.4, 0.5) is 5.69 Å². The van der Waals surface area contributed by atoms with Crippen LogP contribution < -0.4 is 10.1 Å². The first-order valence-corrected chi connectivity index (χ1v) is 4.05. The molecule has 1 amide bonds. The highest BCUT2D eigenvalue weighted by atomic mass is 16.5. The van der Waals surface area contributed by atoms with Gasteiger partial charge in [0.2, 0.25) is 5.91 Å². The number of benzene rings is 1. The van der Waals surface area contributed by atoms with Gasteiger partial charge in [-0.05, 0) is 24.6 Å². The van der Waals surface area contributed by atoms with Crippen molar-refractivity contribution < 1.29 is 9.53 Å². The summed E-state index contributed by atoms with van der Waals surface area (Å²) < 4.78 is 5.11. The number of carbonyl (C=O) groups is 1. The van der Waals surface area contributed by atoms with Gasteiger partial charge in [0.25, 0.3) is 0 Å². The fraction of sp³-hybridized carbons (Fsp3) is 0.300. The molecule has 1 N–H and O–H groups in total. The average Bonchev–Trinajstić information content (AvgIpc) is 2.07. The Morgan fingerprint density at radius 2 is 2.15 bits per heavy atom. The number of nitrogens with one attached hydrogen (secondary N) is 1. The Morgan fingerprint density at radius 3 is 2.69 bits per heavy atom. The lowest BCUT2D eigenvalue weighted by molar-refractivity contribution is -0.114. The van der Waals surface area contributed by atoms with Crippen LogP contribution in [0.1, 0.15) is 12.5 Å². The van der Waals surface area contributed by atoms with E-state index < -0.39 is 0 Å². The van der Waals surface area contributed by atoms with Crippen molar-refractivity contribution in [3.8, 4) is 5.75 Å². The van der Waals surface area contributed by atoms with E-state index >= 15 is 0 Å². The van der Waals surface area contributed by atoms with Crippen LogP contribution in [0.2, 0.25) is 0 Å². The summed E-state index contributed by atoms with van der Waals surface area (Å²) in [4.78, 5) is 10.8. The SMILES string of the molecule is COc1cc(C)ccc1NC(C)=O. The zero-order valence-electron chi connectivity index (χ0n) is 8.05. The molecule has 13 heavy (non-hydrogen) atoms. The minimum atomic E-state index is -0.0952. The standard InChI is InChI=1S/C10H13NO2/c1-7-4-5-9(11-8(2)12)10(6-7)13-3/h4-6H,1-3H3,(H,11,12). The molecule has 0 fully saturated rings. The highest BCUT2D eigenvalue weighted by molar-refractivity contribution is 5.90. The molecule has 0 aromatic heterocycles. The molecule has 1 aromatic carbocycles. The molecule has 0 heterocycles. The quantitative estimate of drug-likeness (QED) is 0.753. The van der Waals surface area contributed by atoms with Crippen LogP contribution in [0.15, 0.2) is 18.2 Å². The average molecular weight is 179 g/mol. The number of carbonyl (C=O) groups excluding carboxylic acids is 1. The van der Waals surface area contributed by atoms with Crippen molar-refractivity contribution in [2.75, 3.05) is 12.4 Å². The van der Waals surface area contributed by atoms with Gasteiger partial charge in [-0.2, -0.15) is 0 Å². The molecule has 0 radical (unpaired) electrons. The van der Waals surface area contributed by atoms with Gasteiger partial charge >= 0.3 is 0 Å². The molecule has 70 valence electrons. The van der Waals surface area contributed by atoms with E-state index in [0.717, 1.165) is 5.56 Å². The summed E-state index contributed by atoms with van der Waals surface area (Å²) in [6, 6.07) is 5.63. The second kappa shape index (κ2) is 3.94. The molecule has 0 unspecified atom stereocenters. The normalized spacial score (nSPS) is 9.46. The largest absolute Gasteiger partial charge is 0.495 e. The Kier molecular flexibility index (Phi) is 2.90. The van der Waals surface area contributed by atoms with Gasteiger partial charge in [0, 0.05) is 6.92 Å². The first kappa shape index (κ1) is 9.58. The number of aryl methyl sites for hydroxylation is 1. The predicted octanol–water partition coefficient (Wildman–Crippen LogP) is 1.96. The smallest absolute Gasteiger partial charge is 0.221 e. The summed E-state index contributed by atoms with van der Waals surface area (Å²) in [5.41, 5.74) is 1.81. The second-order valence-corrected chi connectivity index (χ2v) is 2.88. The van der Waals surface area contributed by atoms with Crippen molar-refractivity contribution in [2.45, 2.75) is 13.8 Å². The van der Waals surface area contributed by atoms with E-state index in [1.807, 2.05) is 25.1 Å². The molecule has 0 bridgehead atoms. The zero-order chi connectivity index (χ0) is 9.84. The maximum Gasteiger partial charge on any atom is 0.221 e.